The third kappa shape index (κ3) is 2.95. The first-order valence-corrected chi connectivity index (χ1v) is 4.66. The fourth-order valence-electron chi connectivity index (χ4n) is 1.06. The second kappa shape index (κ2) is 4.65. The van der Waals surface area contributed by atoms with E-state index in [9.17, 15) is 18.0 Å². The number of ketones is 1. The molecule has 15 heavy (non-hydrogen) atoms. The molecule has 0 aliphatic heterocycles. The van der Waals surface area contributed by atoms with Crippen molar-refractivity contribution in [2.75, 3.05) is 0 Å². The van der Waals surface area contributed by atoms with Gasteiger partial charge in [0.2, 0.25) is 0 Å². The number of ether oxygens (including phenoxy) is 1. The molecule has 2 nitrogen and oxygen atoms in total. The third-order valence-corrected chi connectivity index (χ3v) is 2.22. The number of rotatable bonds is 3. The summed E-state index contributed by atoms with van der Waals surface area (Å²) in [6, 6.07) is 1.86. The van der Waals surface area contributed by atoms with E-state index in [4.69, 9.17) is 0 Å². The molecule has 0 saturated heterocycles. The van der Waals surface area contributed by atoms with Crippen LogP contribution < -0.4 is 4.74 Å². The Kier molecular flexibility index (Phi) is 3.73. The van der Waals surface area contributed by atoms with Crippen molar-refractivity contribution in [3.8, 4) is 5.75 Å². The summed E-state index contributed by atoms with van der Waals surface area (Å²) in [7, 11) is 0. The lowest BCUT2D eigenvalue weighted by atomic mass is 10.1. The van der Waals surface area contributed by atoms with Crippen LogP contribution in [0.5, 0.6) is 5.75 Å². The summed E-state index contributed by atoms with van der Waals surface area (Å²) in [5.74, 6) is -1.73. The molecule has 0 fully saturated rings. The predicted octanol–water partition coefficient (Wildman–Crippen LogP) is 3.39. The lowest BCUT2D eigenvalue weighted by Crippen LogP contribution is -2.05. The molecule has 1 aromatic rings. The maximum Gasteiger partial charge on any atom is 0.387 e. The highest BCUT2D eigenvalue weighted by atomic mass is 79.9. The number of carbonyl (C=O) groups is 1. The third-order valence-electron chi connectivity index (χ3n) is 1.59. The number of Topliss-reactive ketones (excluding diaryl/α,β-unsaturated/α-hetero) is 1. The van der Waals surface area contributed by atoms with Gasteiger partial charge in [-0.1, -0.05) is 0 Å². The van der Waals surface area contributed by atoms with Gasteiger partial charge in [-0.05, 0) is 28.9 Å². The molecule has 0 aliphatic rings. The van der Waals surface area contributed by atoms with Crippen LogP contribution >= 0.6 is 15.9 Å². The van der Waals surface area contributed by atoms with Crippen molar-refractivity contribution in [1.82, 2.24) is 0 Å². The van der Waals surface area contributed by atoms with E-state index in [0.29, 0.717) is 0 Å². The van der Waals surface area contributed by atoms with Gasteiger partial charge in [-0.15, -0.1) is 0 Å². The van der Waals surface area contributed by atoms with Gasteiger partial charge in [0.05, 0.1) is 5.56 Å². The van der Waals surface area contributed by atoms with Crippen LogP contribution in [0.4, 0.5) is 13.2 Å². The Morgan fingerprint density at radius 2 is 2.07 bits per heavy atom. The number of benzene rings is 1. The van der Waals surface area contributed by atoms with Crippen molar-refractivity contribution >= 4 is 21.7 Å². The summed E-state index contributed by atoms with van der Waals surface area (Å²) in [5, 5.41) is 0. The summed E-state index contributed by atoms with van der Waals surface area (Å²) in [4.78, 5) is 11.0. The fraction of sp³-hybridized carbons (Fsp3) is 0.222. The van der Waals surface area contributed by atoms with E-state index in [-0.39, 0.29) is 15.8 Å². The molecular formula is C9H6BrF3O2. The second-order valence-electron chi connectivity index (χ2n) is 2.70. The van der Waals surface area contributed by atoms with E-state index < -0.39 is 18.2 Å². The van der Waals surface area contributed by atoms with Gasteiger partial charge in [0.15, 0.2) is 5.78 Å². The molecule has 0 bridgehead atoms. The summed E-state index contributed by atoms with van der Waals surface area (Å²) in [6.07, 6.45) is 0. The summed E-state index contributed by atoms with van der Waals surface area (Å²) in [5.41, 5.74) is -0.184. The number of carbonyl (C=O) groups excluding carboxylic acids is 1. The number of alkyl halides is 2. The van der Waals surface area contributed by atoms with Crippen LogP contribution in [-0.4, -0.2) is 12.4 Å². The Morgan fingerprint density at radius 3 is 2.47 bits per heavy atom. The Balaban J connectivity index is 3.14. The average Bonchev–Trinajstić information content (AvgIpc) is 1.99. The largest absolute Gasteiger partial charge is 0.435 e. The second-order valence-corrected chi connectivity index (χ2v) is 3.55. The first-order valence-electron chi connectivity index (χ1n) is 3.86. The molecule has 1 aromatic carbocycles. The zero-order valence-corrected chi connectivity index (χ0v) is 9.15. The van der Waals surface area contributed by atoms with Crippen LogP contribution in [0.2, 0.25) is 0 Å². The minimum atomic E-state index is -3.03. The summed E-state index contributed by atoms with van der Waals surface area (Å²) < 4.78 is 41.0. The maximum atomic E-state index is 13.2. The molecule has 6 heteroatoms. The molecule has 0 radical (unpaired) electrons. The molecule has 1 rings (SSSR count). The molecule has 0 saturated carbocycles. The zero-order chi connectivity index (χ0) is 11.6. The SMILES string of the molecule is CC(=O)c1c(F)cc(OC(F)F)cc1Br. The van der Waals surface area contributed by atoms with E-state index in [2.05, 4.69) is 20.7 Å². The number of hydrogen-bond donors (Lipinski definition) is 0. The summed E-state index contributed by atoms with van der Waals surface area (Å²) in [6.45, 7) is -1.85. The van der Waals surface area contributed by atoms with Crippen LogP contribution in [0.25, 0.3) is 0 Å². The minimum absolute atomic E-state index is 0.0886. The molecular weight excluding hydrogens is 277 g/mol. The van der Waals surface area contributed by atoms with Crippen molar-refractivity contribution in [1.29, 1.82) is 0 Å². The Bertz CT molecular complexity index is 370. The lowest BCUT2D eigenvalue weighted by molar-refractivity contribution is -0.0500. The predicted molar refractivity (Wildman–Crippen MR) is 50.7 cm³/mol. The fourth-order valence-corrected chi connectivity index (χ4v) is 1.75. The van der Waals surface area contributed by atoms with E-state index in [1.807, 2.05) is 0 Å². The Labute approximate surface area is 92.2 Å². The molecule has 0 amide bonds. The number of hydrogen-bond acceptors (Lipinski definition) is 2. The quantitative estimate of drug-likeness (QED) is 0.795. The molecule has 0 N–H and O–H groups in total. The van der Waals surface area contributed by atoms with Gasteiger partial charge >= 0.3 is 6.61 Å². The van der Waals surface area contributed by atoms with Crippen LogP contribution in [0.3, 0.4) is 0 Å². The van der Waals surface area contributed by atoms with Crippen molar-refractivity contribution in [3.63, 3.8) is 0 Å². The standard InChI is InChI=1S/C9H6BrF3O2/c1-4(14)8-6(10)2-5(3-7(8)11)15-9(12)13/h2-3,9H,1H3. The van der Waals surface area contributed by atoms with Gasteiger partial charge in [0.25, 0.3) is 0 Å². The molecule has 0 unspecified atom stereocenters. The van der Waals surface area contributed by atoms with E-state index in [1.165, 1.54) is 6.92 Å². The molecule has 0 atom stereocenters. The molecule has 82 valence electrons. The van der Waals surface area contributed by atoms with Gasteiger partial charge in [0.1, 0.15) is 11.6 Å². The highest BCUT2D eigenvalue weighted by Gasteiger charge is 2.15. The van der Waals surface area contributed by atoms with E-state index in [0.717, 1.165) is 12.1 Å². The van der Waals surface area contributed by atoms with E-state index in [1.54, 1.807) is 0 Å². The van der Waals surface area contributed by atoms with Gasteiger partial charge in [-0.25, -0.2) is 4.39 Å². The average molecular weight is 283 g/mol. The van der Waals surface area contributed by atoms with Crippen LogP contribution in [0, 0.1) is 5.82 Å². The topological polar surface area (TPSA) is 26.3 Å². The molecule has 0 spiro atoms. The van der Waals surface area contributed by atoms with Gasteiger partial charge in [0, 0.05) is 10.5 Å². The van der Waals surface area contributed by atoms with Gasteiger partial charge < -0.3 is 4.74 Å². The molecule has 0 aliphatic carbocycles. The van der Waals surface area contributed by atoms with Gasteiger partial charge in [-0.3, -0.25) is 4.79 Å². The van der Waals surface area contributed by atoms with Crippen LogP contribution in [0.1, 0.15) is 17.3 Å². The first-order chi connectivity index (χ1) is 6.91. The number of halogens is 4. The minimum Gasteiger partial charge on any atom is -0.435 e. The molecule has 0 heterocycles. The lowest BCUT2D eigenvalue weighted by Gasteiger charge is -2.07. The van der Waals surface area contributed by atoms with Crippen molar-refractivity contribution in [3.05, 3.63) is 28.0 Å². The first kappa shape index (κ1) is 12.0. The van der Waals surface area contributed by atoms with Crippen molar-refractivity contribution < 1.29 is 22.7 Å². The van der Waals surface area contributed by atoms with Crippen LogP contribution in [-0.2, 0) is 0 Å². The van der Waals surface area contributed by atoms with Crippen molar-refractivity contribution in [2.45, 2.75) is 13.5 Å². The highest BCUT2D eigenvalue weighted by molar-refractivity contribution is 9.10. The highest BCUT2D eigenvalue weighted by Crippen LogP contribution is 2.27. The molecule has 0 aromatic heterocycles. The normalized spacial score (nSPS) is 10.5. The van der Waals surface area contributed by atoms with E-state index >= 15 is 0 Å². The monoisotopic (exact) mass is 282 g/mol. The Morgan fingerprint density at radius 1 is 1.47 bits per heavy atom. The van der Waals surface area contributed by atoms with Crippen LogP contribution in [0.15, 0.2) is 16.6 Å². The van der Waals surface area contributed by atoms with Gasteiger partial charge in [-0.2, -0.15) is 8.78 Å². The Hall–Kier alpha value is -1.04. The van der Waals surface area contributed by atoms with Crippen molar-refractivity contribution in [2.24, 2.45) is 0 Å². The zero-order valence-electron chi connectivity index (χ0n) is 7.56. The smallest absolute Gasteiger partial charge is 0.387 e. The maximum absolute atomic E-state index is 13.2. The summed E-state index contributed by atoms with van der Waals surface area (Å²) >= 11 is 2.90.